The summed E-state index contributed by atoms with van der Waals surface area (Å²) >= 11 is 0. The third-order valence-corrected chi connectivity index (χ3v) is 13.7. The molecule has 0 N–H and O–H groups in total. The highest BCUT2D eigenvalue weighted by Gasteiger charge is 2.96. The summed E-state index contributed by atoms with van der Waals surface area (Å²) in [6.07, 6.45) is 11.7. The van der Waals surface area contributed by atoms with Gasteiger partial charge in [-0.2, -0.15) is 0 Å². The van der Waals surface area contributed by atoms with Gasteiger partial charge in [0, 0.05) is 52.4 Å². The van der Waals surface area contributed by atoms with Gasteiger partial charge < -0.3 is 14.5 Å². The predicted octanol–water partition coefficient (Wildman–Crippen LogP) is 4.61. The maximum absolute atomic E-state index is 7.67. The van der Waals surface area contributed by atoms with Crippen LogP contribution in [0.4, 0.5) is 0 Å². The van der Waals surface area contributed by atoms with Crippen molar-refractivity contribution in [3.63, 3.8) is 0 Å². The van der Waals surface area contributed by atoms with Crippen molar-refractivity contribution in [1.82, 2.24) is 19.6 Å². The van der Waals surface area contributed by atoms with Crippen LogP contribution in [0.1, 0.15) is 59.8 Å². The summed E-state index contributed by atoms with van der Waals surface area (Å²) in [5.41, 5.74) is 3.43. The van der Waals surface area contributed by atoms with E-state index in [-0.39, 0.29) is 11.2 Å². The fraction of sp³-hybridized carbons (Fsp3) is 0.886. The molecule has 4 heterocycles. The Kier molecular flexibility index (Phi) is 6.66. The highest BCUT2D eigenvalue weighted by Crippen LogP contribution is 2.93. The molecule has 222 valence electrons. The zero-order valence-corrected chi connectivity index (χ0v) is 26.0. The Bertz CT molecular complexity index is 964. The topological polar surface area (TPSA) is 22.2 Å². The molecule has 0 aromatic rings. The first kappa shape index (κ1) is 26.9. The van der Waals surface area contributed by atoms with Gasteiger partial charge in [-0.05, 0) is 133 Å². The normalized spacial score (nSPS) is 47.2. The lowest BCUT2D eigenvalue weighted by molar-refractivity contribution is -0.0850. The molecule has 0 amide bonds. The predicted molar refractivity (Wildman–Crippen MR) is 162 cm³/mol. The fourth-order valence-electron chi connectivity index (χ4n) is 12.4. The molecule has 0 aromatic heterocycles. The lowest BCUT2D eigenvalue weighted by atomic mass is 9.54. The summed E-state index contributed by atoms with van der Waals surface area (Å²) in [7, 11) is 0. The second-order valence-corrected chi connectivity index (χ2v) is 15.9. The van der Waals surface area contributed by atoms with Crippen molar-refractivity contribution in [2.45, 2.75) is 71.0 Å². The summed E-state index contributed by atoms with van der Waals surface area (Å²) < 4.78 is 7.67. The van der Waals surface area contributed by atoms with Gasteiger partial charge in [-0.1, -0.05) is 23.3 Å². The van der Waals surface area contributed by atoms with Crippen molar-refractivity contribution in [2.75, 3.05) is 78.5 Å². The van der Waals surface area contributed by atoms with Crippen molar-refractivity contribution in [3.8, 4) is 0 Å². The Morgan fingerprint density at radius 2 is 1.02 bits per heavy atom. The van der Waals surface area contributed by atoms with Crippen LogP contribution in [0.2, 0.25) is 0 Å². The lowest BCUT2D eigenvalue weighted by Crippen LogP contribution is -2.53. The Morgan fingerprint density at radius 3 is 1.48 bits per heavy atom. The average Bonchev–Trinajstić information content (AvgIpc) is 3.46. The molecular weight excluding hydrogens is 492 g/mol. The number of nitrogens with zero attached hydrogens (tertiary/aromatic N) is 4. The van der Waals surface area contributed by atoms with Crippen LogP contribution >= 0.6 is 0 Å². The zero-order valence-electron chi connectivity index (χ0n) is 26.0. The molecule has 5 nitrogen and oxygen atoms in total. The first-order valence-electron chi connectivity index (χ1n) is 17.3. The van der Waals surface area contributed by atoms with Gasteiger partial charge >= 0.3 is 0 Å². The molecule has 4 bridgehead atoms. The number of hydrogen-bond acceptors (Lipinski definition) is 5. The molecule has 0 spiro atoms. The number of rotatable bonds is 10. The van der Waals surface area contributed by atoms with Crippen LogP contribution in [0.15, 0.2) is 23.3 Å². The molecule has 4 aliphatic heterocycles. The minimum atomic E-state index is 0.264. The van der Waals surface area contributed by atoms with Gasteiger partial charge in [0.15, 0.2) is 0 Å². The van der Waals surface area contributed by atoms with Crippen LogP contribution in [0.25, 0.3) is 0 Å². The summed E-state index contributed by atoms with van der Waals surface area (Å²) in [6, 6.07) is 0. The smallest absolute Gasteiger partial charge is 0.0771 e. The SMILES string of the molecule is CC(C)=CCN1CCCN(CCC23OC4(CCN5CCCN(CC=C(C)C)CC5)C5C6CC(C7C6C4C72)C53)CC1. The van der Waals surface area contributed by atoms with Gasteiger partial charge in [-0.25, -0.2) is 0 Å². The van der Waals surface area contributed by atoms with Crippen LogP contribution in [0.5, 0.6) is 0 Å². The van der Waals surface area contributed by atoms with Crippen molar-refractivity contribution < 1.29 is 4.74 Å². The highest BCUT2D eigenvalue weighted by atomic mass is 16.5. The molecule has 0 radical (unpaired) electrons. The van der Waals surface area contributed by atoms with E-state index in [4.69, 9.17) is 4.74 Å². The molecule has 40 heavy (non-hydrogen) atoms. The van der Waals surface area contributed by atoms with Crippen molar-refractivity contribution >= 4 is 0 Å². The van der Waals surface area contributed by atoms with E-state index in [0.717, 1.165) is 60.4 Å². The molecule has 5 heteroatoms. The Balaban J connectivity index is 0.917. The van der Waals surface area contributed by atoms with Crippen LogP contribution in [-0.2, 0) is 4.74 Å². The number of allylic oxidation sites excluding steroid dienone is 2. The van der Waals surface area contributed by atoms with Crippen molar-refractivity contribution in [1.29, 1.82) is 0 Å². The van der Waals surface area contributed by atoms with E-state index < -0.39 is 0 Å². The number of ether oxygens (including phenoxy) is 1. The average molecular weight is 549 g/mol. The maximum Gasteiger partial charge on any atom is 0.0771 e. The summed E-state index contributed by atoms with van der Waals surface area (Å²) in [5.74, 6) is 7.91. The standard InChI is InChI=1S/C35H56N4O/c1-24(2)7-15-36-11-5-13-38(21-19-36)17-9-34-30-26-23-27-29-28(26)32(34)33(29)35(40-34,31(27)30)10-18-39-14-6-12-37(20-22-39)16-8-25(3)4/h7-8,26-33H,5-6,9-23H2,1-4H3. The van der Waals surface area contributed by atoms with Crippen LogP contribution < -0.4 is 0 Å². The van der Waals surface area contributed by atoms with E-state index >= 15 is 0 Å². The van der Waals surface area contributed by atoms with E-state index in [2.05, 4.69) is 59.4 Å². The first-order chi connectivity index (χ1) is 19.4. The minimum absolute atomic E-state index is 0.264. The lowest BCUT2D eigenvalue weighted by Gasteiger charge is -2.48. The third kappa shape index (κ3) is 3.82. The maximum atomic E-state index is 7.67. The quantitative estimate of drug-likeness (QED) is 0.371. The summed E-state index contributed by atoms with van der Waals surface area (Å²) in [6.45, 7) is 23.8. The minimum Gasteiger partial charge on any atom is -0.367 e. The van der Waals surface area contributed by atoms with Crippen molar-refractivity contribution in [3.05, 3.63) is 23.3 Å². The van der Waals surface area contributed by atoms with Crippen LogP contribution in [0, 0.1) is 47.3 Å². The van der Waals surface area contributed by atoms with E-state index in [1.807, 2.05) is 0 Å². The Morgan fingerprint density at radius 1 is 0.600 bits per heavy atom. The molecule has 5 saturated carbocycles. The van der Waals surface area contributed by atoms with Gasteiger partial charge in [0.1, 0.15) is 0 Å². The van der Waals surface area contributed by atoms with Gasteiger partial charge in [0.25, 0.3) is 0 Å². The van der Waals surface area contributed by atoms with Gasteiger partial charge in [0.05, 0.1) is 11.2 Å². The molecule has 9 aliphatic rings. The molecule has 5 aliphatic carbocycles. The van der Waals surface area contributed by atoms with Gasteiger partial charge in [-0.15, -0.1) is 0 Å². The fourth-order valence-corrected chi connectivity index (χ4v) is 12.4. The van der Waals surface area contributed by atoms with E-state index in [9.17, 15) is 0 Å². The zero-order chi connectivity index (χ0) is 27.2. The molecule has 4 saturated heterocycles. The third-order valence-electron chi connectivity index (χ3n) is 13.7. The largest absolute Gasteiger partial charge is 0.367 e. The second kappa shape index (κ2) is 9.91. The highest BCUT2D eigenvalue weighted by molar-refractivity contribution is 5.43. The molecular formula is C35H56N4O. The van der Waals surface area contributed by atoms with E-state index in [1.165, 1.54) is 102 Å². The van der Waals surface area contributed by atoms with E-state index in [1.54, 1.807) is 6.42 Å². The van der Waals surface area contributed by atoms with Gasteiger partial charge in [0.2, 0.25) is 0 Å². The molecule has 0 aromatic carbocycles. The molecule has 10 unspecified atom stereocenters. The van der Waals surface area contributed by atoms with Crippen LogP contribution in [-0.4, -0.2) is 109 Å². The van der Waals surface area contributed by atoms with Crippen LogP contribution in [0.3, 0.4) is 0 Å². The van der Waals surface area contributed by atoms with E-state index in [0.29, 0.717) is 0 Å². The molecule has 10 atom stereocenters. The first-order valence-corrected chi connectivity index (χ1v) is 17.3. The molecule has 9 rings (SSSR count). The number of hydrogen-bond donors (Lipinski definition) is 0. The van der Waals surface area contributed by atoms with Crippen molar-refractivity contribution in [2.24, 2.45) is 47.3 Å². The second-order valence-electron chi connectivity index (χ2n) is 15.9. The summed E-state index contributed by atoms with van der Waals surface area (Å²) in [4.78, 5) is 11.0. The summed E-state index contributed by atoms with van der Waals surface area (Å²) in [5, 5.41) is 0. The molecule has 9 fully saturated rings. The Hall–Kier alpha value is -0.720. The monoisotopic (exact) mass is 548 g/mol. The van der Waals surface area contributed by atoms with Gasteiger partial charge in [-0.3, -0.25) is 9.80 Å². The Labute approximate surface area is 244 Å².